The van der Waals surface area contributed by atoms with Crippen LogP contribution in [0.15, 0.2) is 69.5 Å². The molecule has 15 heteroatoms. The average Bonchev–Trinajstić information content (AvgIpc) is 4.01. The van der Waals surface area contributed by atoms with Crippen LogP contribution >= 0.6 is 0 Å². The van der Waals surface area contributed by atoms with Gasteiger partial charge < -0.3 is 33.5 Å². The van der Waals surface area contributed by atoms with Crippen LogP contribution in [-0.4, -0.2) is 71.4 Å². The lowest BCUT2D eigenvalue weighted by atomic mass is 9.91. The normalized spacial score (nSPS) is 18.6. The van der Waals surface area contributed by atoms with Crippen LogP contribution in [0.25, 0.3) is 56.2 Å². The topological polar surface area (TPSA) is 132 Å². The van der Waals surface area contributed by atoms with Crippen LogP contribution in [0.1, 0.15) is 48.4 Å². The highest BCUT2D eigenvalue weighted by Crippen LogP contribution is 2.40. The van der Waals surface area contributed by atoms with Gasteiger partial charge in [0.05, 0.1) is 0 Å². The Morgan fingerprint density at radius 3 is 1.95 bits per heavy atom. The summed E-state index contributed by atoms with van der Waals surface area (Å²) in [5, 5.41) is 12.9. The lowest BCUT2D eigenvalue weighted by molar-refractivity contribution is -0.147. The maximum Gasteiger partial charge on any atom is 0.387 e. The van der Waals surface area contributed by atoms with Crippen LogP contribution in [0.5, 0.6) is 11.5 Å². The van der Waals surface area contributed by atoms with Crippen molar-refractivity contribution in [3.8, 4) is 45.5 Å². The number of oxazole rings is 2. The number of carbonyl (C=O) groups is 1. The highest BCUT2D eigenvalue weighted by Gasteiger charge is 2.34. The van der Waals surface area contributed by atoms with Gasteiger partial charge in [0.2, 0.25) is 11.8 Å². The minimum atomic E-state index is -3.11. The molecule has 0 amide bonds. The number of likely N-dealkylation sites (tertiary alicyclic amines) is 1. The number of ether oxygens (including phenoxy) is 3. The lowest BCUT2D eigenvalue weighted by Gasteiger charge is -2.22. The minimum absolute atomic E-state index is 0.00853. The Hall–Kier alpha value is -5.51. The molecule has 6 aromatic rings. The van der Waals surface area contributed by atoms with Gasteiger partial charge >= 0.3 is 19.2 Å². The zero-order valence-corrected chi connectivity index (χ0v) is 32.1. The van der Waals surface area contributed by atoms with Gasteiger partial charge in [0.15, 0.2) is 11.2 Å². The molecule has 2 saturated heterocycles. The highest BCUT2D eigenvalue weighted by atomic mass is 19.3. The summed E-state index contributed by atoms with van der Waals surface area (Å²) in [5.74, 6) is -0.0800. The number of halogens is 4. The van der Waals surface area contributed by atoms with E-state index in [4.69, 9.17) is 33.0 Å². The number of alkyl halides is 4. The van der Waals surface area contributed by atoms with Gasteiger partial charge in [-0.15, -0.1) is 0 Å². The van der Waals surface area contributed by atoms with Crippen LogP contribution in [0.4, 0.5) is 17.6 Å². The van der Waals surface area contributed by atoms with Gasteiger partial charge in [-0.3, -0.25) is 9.69 Å². The van der Waals surface area contributed by atoms with Crippen LogP contribution in [0.2, 0.25) is 0 Å². The van der Waals surface area contributed by atoms with Crippen LogP contribution < -0.4 is 14.8 Å². The fraction of sp³-hybridized carbons (Fsp3) is 0.372. The third-order valence-electron chi connectivity index (χ3n) is 11.1. The van der Waals surface area contributed by atoms with Crippen molar-refractivity contribution in [2.24, 2.45) is 5.41 Å². The van der Waals surface area contributed by atoms with E-state index in [9.17, 15) is 27.5 Å². The quantitative estimate of drug-likeness (QED) is 0.0858. The second-order valence-corrected chi connectivity index (χ2v) is 15.3. The van der Waals surface area contributed by atoms with Crippen molar-refractivity contribution in [2.45, 2.75) is 72.5 Å². The molecule has 0 spiro atoms. The Morgan fingerprint density at radius 2 is 1.43 bits per heavy atom. The second-order valence-electron chi connectivity index (χ2n) is 15.3. The minimum Gasteiger partial charge on any atom is -0.460 e. The molecule has 4 aromatic carbocycles. The number of aromatic nitrogens is 2. The van der Waals surface area contributed by atoms with E-state index >= 15 is 0 Å². The third-order valence-corrected chi connectivity index (χ3v) is 11.1. The van der Waals surface area contributed by atoms with Gasteiger partial charge in [0.25, 0.3) is 0 Å². The largest absolute Gasteiger partial charge is 0.460 e. The first kappa shape index (κ1) is 39.3. The van der Waals surface area contributed by atoms with E-state index in [0.717, 1.165) is 35.1 Å². The molecule has 2 atom stereocenters. The number of hydrogen-bond acceptors (Lipinski definition) is 11. The molecule has 11 nitrogen and oxygen atoms in total. The molecular weight excluding hydrogens is 760 g/mol. The number of aliphatic hydroxyl groups excluding tert-OH is 1. The second kappa shape index (κ2) is 16.0. The zero-order valence-electron chi connectivity index (χ0n) is 32.1. The third kappa shape index (κ3) is 7.98. The first-order valence-corrected chi connectivity index (χ1v) is 19.1. The summed E-state index contributed by atoms with van der Waals surface area (Å²) in [5.41, 5.74) is 6.63. The van der Waals surface area contributed by atoms with Gasteiger partial charge in [-0.25, -0.2) is 9.97 Å². The molecule has 4 heterocycles. The monoisotopic (exact) mass is 802 g/mol. The van der Waals surface area contributed by atoms with E-state index in [1.54, 1.807) is 6.07 Å². The molecule has 0 aliphatic carbocycles. The van der Waals surface area contributed by atoms with Gasteiger partial charge in [0, 0.05) is 59.5 Å². The van der Waals surface area contributed by atoms with Crippen molar-refractivity contribution >= 4 is 28.2 Å². The van der Waals surface area contributed by atoms with Crippen LogP contribution in [0, 0.1) is 19.3 Å². The number of benzene rings is 4. The predicted molar refractivity (Wildman–Crippen MR) is 207 cm³/mol. The summed E-state index contributed by atoms with van der Waals surface area (Å²) >= 11 is 0. The van der Waals surface area contributed by atoms with Crippen molar-refractivity contribution in [1.29, 1.82) is 0 Å². The van der Waals surface area contributed by atoms with Crippen molar-refractivity contribution < 1.29 is 50.5 Å². The van der Waals surface area contributed by atoms with E-state index in [1.165, 1.54) is 18.2 Å². The number of nitrogens with one attached hydrogen (secondary N) is 1. The number of aliphatic hydroxyl groups is 1. The molecule has 2 aliphatic rings. The maximum absolute atomic E-state index is 13.5. The molecule has 0 radical (unpaired) electrons. The molecule has 58 heavy (non-hydrogen) atoms. The van der Waals surface area contributed by atoms with E-state index < -0.39 is 25.2 Å². The van der Waals surface area contributed by atoms with E-state index in [-0.39, 0.29) is 47.2 Å². The summed E-state index contributed by atoms with van der Waals surface area (Å²) < 4.78 is 81.4. The molecule has 2 N–H and O–H groups in total. The molecule has 8 rings (SSSR count). The fourth-order valence-corrected chi connectivity index (χ4v) is 7.96. The molecule has 0 saturated carbocycles. The summed E-state index contributed by atoms with van der Waals surface area (Å²) in [6, 6.07) is 17.0. The number of carbonyl (C=O) groups excluding carboxylic acids is 1. The summed E-state index contributed by atoms with van der Waals surface area (Å²) in [7, 11) is 0. The fourth-order valence-electron chi connectivity index (χ4n) is 7.96. The lowest BCUT2D eigenvalue weighted by Crippen LogP contribution is -2.32. The SMILES string of the molecule is Cc1c(-c2nc3cc(COC(=O)[C@@H]4CCCN4)c(OC(F)F)cc3o2)cccc1-c1cccc(-c2nc3cc(CN4CCC(C)(CO)C4)c(OC(F)F)cc3o2)c1C. The van der Waals surface area contributed by atoms with Crippen molar-refractivity contribution in [3.05, 3.63) is 82.9 Å². The van der Waals surface area contributed by atoms with Gasteiger partial charge in [-0.2, -0.15) is 17.6 Å². The Labute approximate surface area is 330 Å². The van der Waals surface area contributed by atoms with Gasteiger partial charge in [0.1, 0.15) is 35.2 Å². The Kier molecular flexibility index (Phi) is 10.9. The summed E-state index contributed by atoms with van der Waals surface area (Å²) in [6.45, 7) is 1.86. The van der Waals surface area contributed by atoms with E-state index in [1.807, 2.05) is 57.2 Å². The van der Waals surface area contributed by atoms with Gasteiger partial charge in [-0.1, -0.05) is 31.2 Å². The molecule has 304 valence electrons. The van der Waals surface area contributed by atoms with Crippen LogP contribution in [-0.2, 0) is 22.7 Å². The average molecular weight is 803 g/mol. The Bertz CT molecular complexity index is 2480. The first-order valence-electron chi connectivity index (χ1n) is 19.1. The van der Waals surface area contributed by atoms with Crippen molar-refractivity contribution in [3.63, 3.8) is 0 Å². The summed E-state index contributed by atoms with van der Waals surface area (Å²) in [6.07, 6.45) is 2.27. The standard InChI is InChI=1S/C43H42F4N4O7/c1-23-27(7-4-9-29(23)38-49-32-15-25(19-51-14-12-43(3,21-51)22-52)34(57-41(44)45)17-36(32)55-38)28-8-5-10-30(24(28)2)39-50-33-16-26(20-54-40(53)31-11-6-13-48-31)35(58-42(46)47)18-37(33)56-39/h4-5,7-10,15-18,31,41-42,48,52H,6,11-14,19-22H2,1-3H3/t31-,43?/m0/s1. The number of fused-ring (bicyclic) bond motifs is 2. The van der Waals surface area contributed by atoms with E-state index in [0.29, 0.717) is 71.8 Å². The number of nitrogens with zero attached hydrogens (tertiary/aromatic N) is 3. The van der Waals surface area contributed by atoms with Crippen molar-refractivity contribution in [2.75, 3.05) is 26.2 Å². The maximum atomic E-state index is 13.5. The highest BCUT2D eigenvalue weighted by molar-refractivity contribution is 5.85. The van der Waals surface area contributed by atoms with Gasteiger partial charge in [-0.05, 0) is 92.7 Å². The molecular formula is C43H42F4N4O7. The summed E-state index contributed by atoms with van der Waals surface area (Å²) in [4.78, 5) is 24.1. The first-order chi connectivity index (χ1) is 27.9. The molecule has 0 bridgehead atoms. The molecule has 2 aromatic heterocycles. The predicted octanol–water partition coefficient (Wildman–Crippen LogP) is 8.79. The smallest absolute Gasteiger partial charge is 0.387 e. The number of esters is 1. The van der Waals surface area contributed by atoms with Crippen LogP contribution in [0.3, 0.4) is 0 Å². The molecule has 2 fully saturated rings. The zero-order chi connectivity index (χ0) is 40.7. The van der Waals surface area contributed by atoms with Crippen molar-refractivity contribution in [1.82, 2.24) is 20.2 Å². The van der Waals surface area contributed by atoms with E-state index in [2.05, 4.69) is 10.2 Å². The Balaban J connectivity index is 1.10. The Morgan fingerprint density at radius 1 is 0.879 bits per heavy atom. The molecule has 2 aliphatic heterocycles. The molecule has 1 unspecified atom stereocenters. The number of hydrogen-bond donors (Lipinski definition) is 2. The number of rotatable bonds is 13.